The molecule has 0 heterocycles. The molecule has 0 unspecified atom stereocenters. The van der Waals surface area contributed by atoms with Crippen molar-refractivity contribution in [2.75, 3.05) is 30.8 Å². The first kappa shape index (κ1) is 21.0. The molecule has 2 rings (SSSR count). The number of methoxy groups -OCH3 is 1. The van der Waals surface area contributed by atoms with E-state index in [4.69, 9.17) is 4.74 Å². The number of hydrogen-bond acceptors (Lipinski definition) is 5. The lowest BCUT2D eigenvalue weighted by Gasteiger charge is -2.25. The van der Waals surface area contributed by atoms with E-state index in [2.05, 4.69) is 10.6 Å². The topological polar surface area (TPSA) is 105 Å². The van der Waals surface area contributed by atoms with E-state index in [0.717, 1.165) is 36.2 Å². The Labute approximate surface area is 160 Å². The molecular formula is C18H27N3O5S. The molecule has 0 bridgehead atoms. The quantitative estimate of drug-likeness (QED) is 0.684. The monoisotopic (exact) mass is 397 g/mol. The van der Waals surface area contributed by atoms with Crippen LogP contribution in [-0.4, -0.2) is 52.9 Å². The van der Waals surface area contributed by atoms with Gasteiger partial charge in [0.15, 0.2) is 0 Å². The van der Waals surface area contributed by atoms with Gasteiger partial charge in [-0.1, -0.05) is 31.4 Å². The van der Waals surface area contributed by atoms with Crippen LogP contribution < -0.4 is 14.9 Å². The zero-order chi connectivity index (χ0) is 19.9. The van der Waals surface area contributed by atoms with Crippen LogP contribution in [-0.2, 0) is 14.8 Å². The Morgan fingerprint density at radius 1 is 1.19 bits per heavy atom. The molecule has 2 N–H and O–H groups in total. The molecule has 1 aromatic carbocycles. The van der Waals surface area contributed by atoms with E-state index in [1.807, 2.05) is 0 Å². The third-order valence-electron chi connectivity index (χ3n) is 4.52. The van der Waals surface area contributed by atoms with Crippen LogP contribution in [0.25, 0.3) is 0 Å². The number of nitrogens with zero attached hydrogens (tertiary/aromatic N) is 1. The summed E-state index contributed by atoms with van der Waals surface area (Å²) in [6.07, 6.45) is 6.41. The lowest BCUT2D eigenvalue weighted by Crippen LogP contribution is -2.46. The van der Waals surface area contributed by atoms with Crippen molar-refractivity contribution in [2.45, 2.75) is 38.1 Å². The highest BCUT2D eigenvalue weighted by atomic mass is 32.2. The van der Waals surface area contributed by atoms with E-state index in [-0.39, 0.29) is 36.4 Å². The molecule has 1 fully saturated rings. The zero-order valence-corrected chi connectivity index (χ0v) is 16.5. The summed E-state index contributed by atoms with van der Waals surface area (Å²) >= 11 is 0. The van der Waals surface area contributed by atoms with Gasteiger partial charge in [-0.25, -0.2) is 18.0 Å². The molecule has 1 saturated carbocycles. The van der Waals surface area contributed by atoms with Crippen LogP contribution in [0.1, 0.15) is 42.5 Å². The van der Waals surface area contributed by atoms with Crippen molar-refractivity contribution < 1.29 is 22.7 Å². The van der Waals surface area contributed by atoms with Crippen molar-refractivity contribution in [2.24, 2.45) is 0 Å². The van der Waals surface area contributed by atoms with Crippen LogP contribution in [0.2, 0.25) is 0 Å². The first-order valence-corrected chi connectivity index (χ1v) is 10.9. The van der Waals surface area contributed by atoms with Crippen molar-refractivity contribution in [3.8, 4) is 0 Å². The third-order valence-corrected chi connectivity index (χ3v) is 5.70. The van der Waals surface area contributed by atoms with Gasteiger partial charge in [0.2, 0.25) is 10.0 Å². The Balaban J connectivity index is 2.02. The summed E-state index contributed by atoms with van der Waals surface area (Å²) < 4.78 is 30.3. The fourth-order valence-corrected chi connectivity index (χ4v) is 4.13. The number of nitrogens with one attached hydrogen (secondary N) is 2. The number of anilines is 1. The van der Waals surface area contributed by atoms with Gasteiger partial charge in [0.1, 0.15) is 0 Å². The maximum atomic E-state index is 12.2. The largest absolute Gasteiger partial charge is 0.465 e. The van der Waals surface area contributed by atoms with Gasteiger partial charge in [-0.2, -0.15) is 0 Å². The number of carbonyl (C=O) groups is 2. The maximum absolute atomic E-state index is 12.2. The van der Waals surface area contributed by atoms with Crippen molar-refractivity contribution in [1.82, 2.24) is 10.6 Å². The highest BCUT2D eigenvalue weighted by molar-refractivity contribution is 7.92. The lowest BCUT2D eigenvalue weighted by molar-refractivity contribution is 0.0601. The second-order valence-electron chi connectivity index (χ2n) is 6.58. The number of sulfonamides is 1. The van der Waals surface area contributed by atoms with Gasteiger partial charge in [-0.3, -0.25) is 4.31 Å². The minimum Gasteiger partial charge on any atom is -0.465 e. The van der Waals surface area contributed by atoms with E-state index in [0.29, 0.717) is 0 Å². The molecule has 150 valence electrons. The average Bonchev–Trinajstić information content (AvgIpc) is 2.64. The van der Waals surface area contributed by atoms with Crippen LogP contribution in [0.5, 0.6) is 0 Å². The van der Waals surface area contributed by atoms with E-state index >= 15 is 0 Å². The summed E-state index contributed by atoms with van der Waals surface area (Å²) in [6.45, 7) is 0.117. The SMILES string of the molecule is COC(=O)c1ccccc1N(CCNC(=O)NC1CCCCC1)S(C)(=O)=O. The molecule has 0 saturated heterocycles. The maximum Gasteiger partial charge on any atom is 0.340 e. The average molecular weight is 397 g/mol. The molecular weight excluding hydrogens is 370 g/mol. The van der Waals surface area contributed by atoms with Gasteiger partial charge < -0.3 is 15.4 Å². The normalized spacial score (nSPS) is 15.0. The second kappa shape index (κ2) is 9.59. The predicted molar refractivity (Wildman–Crippen MR) is 103 cm³/mol. The standard InChI is InChI=1S/C18H27N3O5S/c1-26-17(22)15-10-6-7-11-16(15)21(27(2,24)25)13-12-19-18(23)20-14-8-4-3-5-9-14/h6-7,10-11,14H,3-5,8-9,12-13H2,1-2H3,(H2,19,20,23). The first-order chi connectivity index (χ1) is 12.8. The molecule has 0 radical (unpaired) electrons. The molecule has 0 aliphatic heterocycles. The van der Waals surface area contributed by atoms with Crippen LogP contribution in [0.3, 0.4) is 0 Å². The number of ether oxygens (including phenoxy) is 1. The van der Waals surface area contributed by atoms with Crippen molar-refractivity contribution >= 4 is 27.7 Å². The van der Waals surface area contributed by atoms with Crippen molar-refractivity contribution in [3.63, 3.8) is 0 Å². The molecule has 1 aromatic rings. The number of rotatable bonds is 7. The van der Waals surface area contributed by atoms with Crippen LogP contribution >= 0.6 is 0 Å². The summed E-state index contributed by atoms with van der Waals surface area (Å²) in [6, 6.07) is 6.18. The smallest absolute Gasteiger partial charge is 0.340 e. The van der Waals surface area contributed by atoms with Crippen molar-refractivity contribution in [1.29, 1.82) is 0 Å². The first-order valence-electron chi connectivity index (χ1n) is 9.02. The van der Waals surface area contributed by atoms with Gasteiger partial charge in [-0.05, 0) is 25.0 Å². The fourth-order valence-electron chi connectivity index (χ4n) is 3.19. The summed E-state index contributed by atoms with van der Waals surface area (Å²) in [5.41, 5.74) is 0.374. The van der Waals surface area contributed by atoms with Crippen LogP contribution in [0.15, 0.2) is 24.3 Å². The molecule has 0 aromatic heterocycles. The minimum atomic E-state index is -3.65. The summed E-state index contributed by atoms with van der Waals surface area (Å²) in [5, 5.41) is 5.61. The van der Waals surface area contributed by atoms with Gasteiger partial charge >= 0.3 is 12.0 Å². The number of para-hydroxylation sites is 1. The molecule has 0 spiro atoms. The number of hydrogen-bond donors (Lipinski definition) is 2. The molecule has 1 aliphatic carbocycles. The Morgan fingerprint density at radius 2 is 1.85 bits per heavy atom. The molecule has 2 amide bonds. The number of amides is 2. The summed E-state index contributed by atoms with van der Waals surface area (Å²) in [5.74, 6) is -0.623. The van der Waals surface area contributed by atoms with Crippen molar-refractivity contribution in [3.05, 3.63) is 29.8 Å². The van der Waals surface area contributed by atoms with E-state index in [1.165, 1.54) is 25.7 Å². The highest BCUT2D eigenvalue weighted by Gasteiger charge is 2.23. The summed E-state index contributed by atoms with van der Waals surface area (Å²) in [4.78, 5) is 24.0. The fraction of sp³-hybridized carbons (Fsp3) is 0.556. The molecule has 8 nitrogen and oxygen atoms in total. The number of benzene rings is 1. The Bertz CT molecular complexity index is 760. The number of urea groups is 1. The van der Waals surface area contributed by atoms with Gasteiger partial charge in [-0.15, -0.1) is 0 Å². The minimum absolute atomic E-state index is 0.00489. The highest BCUT2D eigenvalue weighted by Crippen LogP contribution is 2.23. The zero-order valence-electron chi connectivity index (χ0n) is 15.7. The van der Waals surface area contributed by atoms with E-state index < -0.39 is 16.0 Å². The molecule has 9 heteroatoms. The number of carbonyl (C=O) groups excluding carboxylic acids is 2. The Hall–Kier alpha value is -2.29. The Morgan fingerprint density at radius 3 is 2.48 bits per heavy atom. The third kappa shape index (κ3) is 6.13. The Kier molecular flexibility index (Phi) is 7.46. The van der Waals surface area contributed by atoms with Gasteiger partial charge in [0.05, 0.1) is 31.2 Å². The predicted octanol–water partition coefficient (Wildman–Crippen LogP) is 1.87. The second-order valence-corrected chi connectivity index (χ2v) is 8.49. The van der Waals surface area contributed by atoms with Gasteiger partial charge in [0.25, 0.3) is 0 Å². The number of esters is 1. The summed E-state index contributed by atoms with van der Waals surface area (Å²) in [7, 11) is -2.42. The molecule has 27 heavy (non-hydrogen) atoms. The van der Waals surface area contributed by atoms with Crippen LogP contribution in [0, 0.1) is 0 Å². The van der Waals surface area contributed by atoms with Gasteiger partial charge in [0, 0.05) is 12.6 Å². The van der Waals surface area contributed by atoms with Crippen LogP contribution in [0.4, 0.5) is 10.5 Å². The van der Waals surface area contributed by atoms with E-state index in [1.54, 1.807) is 12.1 Å². The molecule has 0 atom stereocenters. The van der Waals surface area contributed by atoms with E-state index in [9.17, 15) is 18.0 Å². The molecule has 1 aliphatic rings. The lowest BCUT2D eigenvalue weighted by atomic mass is 9.96.